The number of nitrogens with zero attached hydrogens (tertiary/aromatic N) is 1. The molecule has 0 aliphatic carbocycles. The highest BCUT2D eigenvalue weighted by Gasteiger charge is 2.24. The lowest BCUT2D eigenvalue weighted by Crippen LogP contribution is -2.37. The van der Waals surface area contributed by atoms with Crippen LogP contribution >= 0.6 is 11.8 Å². The minimum Gasteiger partial charge on any atom is -0.465 e. The lowest BCUT2D eigenvalue weighted by molar-refractivity contribution is -0.117. The first-order chi connectivity index (χ1) is 12.6. The molecule has 26 heavy (non-hydrogen) atoms. The van der Waals surface area contributed by atoms with Crippen molar-refractivity contribution in [3.05, 3.63) is 54.1 Å². The van der Waals surface area contributed by atoms with Crippen molar-refractivity contribution in [2.75, 3.05) is 29.6 Å². The highest BCUT2D eigenvalue weighted by atomic mass is 32.2. The molecule has 134 valence electrons. The van der Waals surface area contributed by atoms with Crippen LogP contribution in [0.3, 0.4) is 0 Å². The van der Waals surface area contributed by atoms with E-state index in [0.29, 0.717) is 17.0 Å². The zero-order chi connectivity index (χ0) is 18.5. The minimum atomic E-state index is -0.516. The number of carbonyl (C=O) groups excluding carboxylic acids is 3. The Morgan fingerprint density at radius 2 is 1.88 bits per heavy atom. The summed E-state index contributed by atoms with van der Waals surface area (Å²) in [6, 6.07) is 14.3. The number of methoxy groups -OCH3 is 1. The van der Waals surface area contributed by atoms with Crippen molar-refractivity contribution in [3.8, 4) is 0 Å². The molecule has 1 heterocycles. The van der Waals surface area contributed by atoms with Gasteiger partial charge in [0, 0.05) is 17.9 Å². The Labute approximate surface area is 155 Å². The van der Waals surface area contributed by atoms with Crippen LogP contribution < -0.4 is 10.2 Å². The monoisotopic (exact) mass is 370 g/mol. The topological polar surface area (TPSA) is 75.7 Å². The van der Waals surface area contributed by atoms with Gasteiger partial charge in [-0.1, -0.05) is 24.3 Å². The fraction of sp³-hybridized carbons (Fsp3) is 0.211. The third-order valence-electron chi connectivity index (χ3n) is 3.98. The first-order valence-corrected chi connectivity index (χ1v) is 9.08. The normalized spacial score (nSPS) is 13.1. The van der Waals surface area contributed by atoms with E-state index in [4.69, 9.17) is 4.74 Å². The van der Waals surface area contributed by atoms with E-state index in [1.54, 1.807) is 29.2 Å². The van der Waals surface area contributed by atoms with Crippen molar-refractivity contribution in [1.29, 1.82) is 0 Å². The molecule has 2 aromatic carbocycles. The number of ether oxygens (including phenoxy) is 1. The van der Waals surface area contributed by atoms with Crippen molar-refractivity contribution in [2.24, 2.45) is 0 Å². The van der Waals surface area contributed by atoms with Gasteiger partial charge in [0.05, 0.1) is 29.8 Å². The summed E-state index contributed by atoms with van der Waals surface area (Å²) in [4.78, 5) is 39.0. The zero-order valence-corrected chi connectivity index (χ0v) is 15.0. The van der Waals surface area contributed by atoms with Crippen LogP contribution in [0.25, 0.3) is 0 Å². The number of hydrogen-bond donors (Lipinski definition) is 1. The second-order valence-corrected chi connectivity index (χ2v) is 6.65. The highest BCUT2D eigenvalue weighted by Crippen LogP contribution is 2.34. The number of esters is 1. The fourth-order valence-corrected chi connectivity index (χ4v) is 3.64. The number of thioether (sulfide) groups is 1. The molecule has 1 N–H and O–H groups in total. The van der Waals surface area contributed by atoms with E-state index in [0.717, 1.165) is 10.6 Å². The van der Waals surface area contributed by atoms with Crippen molar-refractivity contribution >= 4 is 40.9 Å². The summed E-state index contributed by atoms with van der Waals surface area (Å²) in [5.74, 6) is -0.441. The second-order valence-electron chi connectivity index (χ2n) is 5.64. The van der Waals surface area contributed by atoms with Gasteiger partial charge in [-0.15, -0.1) is 11.8 Å². The van der Waals surface area contributed by atoms with Crippen LogP contribution in [0.15, 0.2) is 53.4 Å². The van der Waals surface area contributed by atoms with Gasteiger partial charge in [0.2, 0.25) is 11.8 Å². The fourth-order valence-electron chi connectivity index (χ4n) is 2.71. The van der Waals surface area contributed by atoms with Crippen LogP contribution in [-0.2, 0) is 14.3 Å². The van der Waals surface area contributed by atoms with Gasteiger partial charge < -0.3 is 15.0 Å². The minimum absolute atomic E-state index is 0.0172. The van der Waals surface area contributed by atoms with E-state index >= 15 is 0 Å². The number of amides is 2. The van der Waals surface area contributed by atoms with Crippen LogP contribution in [0, 0.1) is 0 Å². The maximum absolute atomic E-state index is 12.3. The van der Waals surface area contributed by atoms with Gasteiger partial charge in [-0.2, -0.15) is 0 Å². The molecule has 0 atom stereocenters. The molecule has 0 fully saturated rings. The van der Waals surface area contributed by atoms with E-state index in [9.17, 15) is 14.4 Å². The van der Waals surface area contributed by atoms with Crippen molar-refractivity contribution in [2.45, 2.75) is 11.3 Å². The molecule has 1 aliphatic heterocycles. The van der Waals surface area contributed by atoms with E-state index in [2.05, 4.69) is 5.32 Å². The van der Waals surface area contributed by atoms with Gasteiger partial charge >= 0.3 is 5.97 Å². The Morgan fingerprint density at radius 3 is 2.69 bits per heavy atom. The lowest BCUT2D eigenvalue weighted by atomic mass is 10.1. The van der Waals surface area contributed by atoms with Gasteiger partial charge in [-0.3, -0.25) is 9.59 Å². The third kappa shape index (κ3) is 3.88. The summed E-state index contributed by atoms with van der Waals surface area (Å²) in [5, 5.41) is 2.72. The first-order valence-electron chi connectivity index (χ1n) is 8.09. The molecule has 0 unspecified atom stereocenters. The summed E-state index contributed by atoms with van der Waals surface area (Å²) >= 11 is 1.50. The molecule has 6 nitrogen and oxygen atoms in total. The molecule has 0 bridgehead atoms. The van der Waals surface area contributed by atoms with Gasteiger partial charge in [0.1, 0.15) is 0 Å². The average Bonchev–Trinajstić information content (AvgIpc) is 2.67. The number of carbonyl (C=O) groups is 3. The van der Waals surface area contributed by atoms with Crippen LogP contribution in [-0.4, -0.2) is 37.2 Å². The number of nitrogens with one attached hydrogen (secondary N) is 1. The van der Waals surface area contributed by atoms with Gasteiger partial charge in [0.25, 0.3) is 0 Å². The molecule has 3 rings (SSSR count). The van der Waals surface area contributed by atoms with E-state index in [1.807, 2.05) is 24.3 Å². The molecular formula is C19H18N2O4S. The van der Waals surface area contributed by atoms with Gasteiger partial charge in [-0.25, -0.2) is 4.79 Å². The lowest BCUT2D eigenvalue weighted by Gasteiger charge is -2.28. The third-order valence-corrected chi connectivity index (χ3v) is 5.02. The van der Waals surface area contributed by atoms with E-state index in [-0.39, 0.29) is 24.8 Å². The Morgan fingerprint density at radius 1 is 1.15 bits per heavy atom. The number of rotatable bonds is 5. The standard InChI is InChI=1S/C19H18N2O4S/c1-25-19(24)13-6-2-3-7-14(13)20-17(22)10-11-21-15-8-4-5-9-16(15)26-12-18(21)23/h2-9H,10-12H2,1H3,(H,20,22). The highest BCUT2D eigenvalue weighted by molar-refractivity contribution is 8.00. The molecule has 0 spiro atoms. The number of fused-ring (bicyclic) bond motifs is 1. The second kappa shape index (κ2) is 8.05. The molecule has 0 aromatic heterocycles. The molecule has 0 saturated heterocycles. The first kappa shape index (κ1) is 18.0. The Balaban J connectivity index is 1.67. The molecule has 1 aliphatic rings. The SMILES string of the molecule is COC(=O)c1ccccc1NC(=O)CCN1C(=O)CSc2ccccc21. The molecule has 0 radical (unpaired) electrons. The quantitative estimate of drug-likeness (QED) is 0.819. The van der Waals surface area contributed by atoms with Gasteiger partial charge in [0.15, 0.2) is 0 Å². The summed E-state index contributed by atoms with van der Waals surface area (Å²) in [6.45, 7) is 0.280. The molecule has 7 heteroatoms. The predicted molar refractivity (Wildman–Crippen MR) is 101 cm³/mol. The maximum Gasteiger partial charge on any atom is 0.339 e. The number of para-hydroxylation sites is 2. The predicted octanol–water partition coefficient (Wildman–Crippen LogP) is 2.94. The maximum atomic E-state index is 12.3. The number of benzene rings is 2. The largest absolute Gasteiger partial charge is 0.465 e. The number of anilines is 2. The molecule has 2 amide bonds. The van der Waals surface area contributed by atoms with Crippen LogP contribution in [0.4, 0.5) is 11.4 Å². The van der Waals surface area contributed by atoms with Crippen molar-refractivity contribution in [1.82, 2.24) is 0 Å². The van der Waals surface area contributed by atoms with Crippen LogP contribution in [0.1, 0.15) is 16.8 Å². The van der Waals surface area contributed by atoms with E-state index in [1.165, 1.54) is 18.9 Å². The Hall–Kier alpha value is -2.80. The van der Waals surface area contributed by atoms with Crippen LogP contribution in [0.5, 0.6) is 0 Å². The number of hydrogen-bond acceptors (Lipinski definition) is 5. The summed E-state index contributed by atoms with van der Waals surface area (Å²) in [7, 11) is 1.29. The average molecular weight is 370 g/mol. The van der Waals surface area contributed by atoms with Crippen LogP contribution in [0.2, 0.25) is 0 Å². The summed E-state index contributed by atoms with van der Waals surface area (Å²) in [5.41, 5.74) is 1.51. The van der Waals surface area contributed by atoms with Gasteiger partial charge in [-0.05, 0) is 24.3 Å². The molecular weight excluding hydrogens is 352 g/mol. The summed E-state index contributed by atoms with van der Waals surface area (Å²) < 4.78 is 4.72. The molecule has 0 saturated carbocycles. The zero-order valence-electron chi connectivity index (χ0n) is 14.2. The van der Waals surface area contributed by atoms with Crippen molar-refractivity contribution < 1.29 is 19.1 Å². The smallest absolute Gasteiger partial charge is 0.339 e. The molecule has 2 aromatic rings. The van der Waals surface area contributed by atoms with Crippen molar-refractivity contribution in [3.63, 3.8) is 0 Å². The Bertz CT molecular complexity index is 853. The summed E-state index contributed by atoms with van der Waals surface area (Å²) in [6.07, 6.45) is 0.125. The van der Waals surface area contributed by atoms with E-state index < -0.39 is 5.97 Å². The Kier molecular flexibility index (Phi) is 5.58.